The van der Waals surface area contributed by atoms with Gasteiger partial charge in [0.2, 0.25) is 11.8 Å². The maximum Gasteiger partial charge on any atom is 0.356 e. The quantitative estimate of drug-likeness (QED) is 0.628. The van der Waals surface area contributed by atoms with Gasteiger partial charge >= 0.3 is 5.97 Å². The molecule has 0 saturated heterocycles. The fourth-order valence-electron chi connectivity index (χ4n) is 2.26. The molecule has 2 rings (SSSR count). The van der Waals surface area contributed by atoms with Crippen molar-refractivity contribution >= 4 is 17.8 Å². The Morgan fingerprint density at radius 2 is 1.85 bits per heavy atom. The van der Waals surface area contributed by atoms with Gasteiger partial charge in [0.1, 0.15) is 0 Å². The molecule has 0 unspecified atom stereocenters. The Labute approximate surface area is 151 Å². The summed E-state index contributed by atoms with van der Waals surface area (Å²) in [5, 5.41) is 18.4. The minimum absolute atomic E-state index is 0.0370. The van der Waals surface area contributed by atoms with Crippen molar-refractivity contribution in [2.45, 2.75) is 32.7 Å². The molecule has 26 heavy (non-hydrogen) atoms. The molecular weight excluding hydrogens is 336 g/mol. The van der Waals surface area contributed by atoms with Crippen LogP contribution in [-0.2, 0) is 16.1 Å². The van der Waals surface area contributed by atoms with Crippen LogP contribution in [0.3, 0.4) is 0 Å². The van der Waals surface area contributed by atoms with Crippen LogP contribution in [0.2, 0.25) is 0 Å². The first-order chi connectivity index (χ1) is 12.5. The maximum absolute atomic E-state index is 11.9. The Balaban J connectivity index is 1.87. The summed E-state index contributed by atoms with van der Waals surface area (Å²) in [5.41, 5.74) is 1.51. The molecule has 1 heterocycles. The van der Waals surface area contributed by atoms with Crippen LogP contribution >= 0.6 is 0 Å². The number of nitrogens with one attached hydrogen (secondary N) is 2. The molecule has 0 spiro atoms. The first-order valence-corrected chi connectivity index (χ1v) is 8.41. The number of amides is 2. The largest absolute Gasteiger partial charge is 0.476 e. The zero-order valence-electron chi connectivity index (χ0n) is 14.6. The summed E-state index contributed by atoms with van der Waals surface area (Å²) in [7, 11) is 0. The summed E-state index contributed by atoms with van der Waals surface area (Å²) < 4.78 is 1.47. The van der Waals surface area contributed by atoms with E-state index in [4.69, 9.17) is 5.11 Å². The first kappa shape index (κ1) is 19.2. The summed E-state index contributed by atoms with van der Waals surface area (Å²) >= 11 is 0. The molecule has 2 amide bonds. The van der Waals surface area contributed by atoms with Crippen molar-refractivity contribution in [1.29, 1.82) is 0 Å². The minimum Gasteiger partial charge on any atom is -0.476 e. The molecular formula is C18H22N4O4. The van der Waals surface area contributed by atoms with Crippen molar-refractivity contribution in [3.8, 4) is 5.69 Å². The third-order valence-electron chi connectivity index (χ3n) is 3.62. The SMILES string of the molecule is CCCNC(=O)CCC(=O)NCc1cccc(-n2ccc(C(=O)O)n2)c1. The van der Waals surface area contributed by atoms with Crippen LogP contribution in [0.1, 0.15) is 42.2 Å². The van der Waals surface area contributed by atoms with E-state index in [-0.39, 0.29) is 30.3 Å². The molecule has 138 valence electrons. The Bertz CT molecular complexity index is 785. The number of rotatable bonds is 9. The molecule has 8 nitrogen and oxygen atoms in total. The molecule has 1 aromatic heterocycles. The second kappa shape index (κ2) is 9.36. The topological polar surface area (TPSA) is 113 Å². The molecule has 0 atom stereocenters. The van der Waals surface area contributed by atoms with Gasteiger partial charge < -0.3 is 15.7 Å². The second-order valence-electron chi connectivity index (χ2n) is 5.75. The lowest BCUT2D eigenvalue weighted by atomic mass is 10.2. The van der Waals surface area contributed by atoms with E-state index in [0.717, 1.165) is 12.0 Å². The van der Waals surface area contributed by atoms with Crippen LogP contribution in [0.25, 0.3) is 5.69 Å². The van der Waals surface area contributed by atoms with Crippen LogP contribution in [0.4, 0.5) is 0 Å². The molecule has 8 heteroatoms. The van der Waals surface area contributed by atoms with E-state index >= 15 is 0 Å². The molecule has 0 aliphatic carbocycles. The van der Waals surface area contributed by atoms with Gasteiger partial charge in [0, 0.05) is 32.1 Å². The van der Waals surface area contributed by atoms with Crippen molar-refractivity contribution in [2.75, 3.05) is 6.54 Å². The number of carboxylic acids is 1. The lowest BCUT2D eigenvalue weighted by Crippen LogP contribution is -2.28. The van der Waals surface area contributed by atoms with Gasteiger partial charge in [-0.3, -0.25) is 9.59 Å². The molecule has 3 N–H and O–H groups in total. The summed E-state index contributed by atoms with van der Waals surface area (Å²) in [4.78, 5) is 34.2. The van der Waals surface area contributed by atoms with Crippen molar-refractivity contribution < 1.29 is 19.5 Å². The first-order valence-electron chi connectivity index (χ1n) is 8.41. The fraction of sp³-hybridized carbons (Fsp3) is 0.333. The van der Waals surface area contributed by atoms with E-state index in [2.05, 4.69) is 15.7 Å². The Morgan fingerprint density at radius 1 is 1.12 bits per heavy atom. The number of hydrogen-bond acceptors (Lipinski definition) is 4. The van der Waals surface area contributed by atoms with Gasteiger partial charge in [0.05, 0.1) is 5.69 Å². The molecule has 0 fully saturated rings. The van der Waals surface area contributed by atoms with Gasteiger partial charge in [-0.05, 0) is 30.2 Å². The number of aromatic carboxylic acids is 1. The Morgan fingerprint density at radius 3 is 2.50 bits per heavy atom. The number of aromatic nitrogens is 2. The Hall–Kier alpha value is -3.16. The summed E-state index contributed by atoms with van der Waals surface area (Å²) in [6, 6.07) is 8.67. The lowest BCUT2D eigenvalue weighted by molar-refractivity contribution is -0.126. The molecule has 0 aliphatic rings. The van der Waals surface area contributed by atoms with Gasteiger partial charge in [0.25, 0.3) is 0 Å². The molecule has 0 aliphatic heterocycles. The molecule has 0 saturated carbocycles. The highest BCUT2D eigenvalue weighted by molar-refractivity contribution is 5.85. The van der Waals surface area contributed by atoms with Gasteiger partial charge in [-0.2, -0.15) is 5.10 Å². The fourth-order valence-corrected chi connectivity index (χ4v) is 2.26. The highest BCUT2D eigenvalue weighted by atomic mass is 16.4. The standard InChI is InChI=1S/C18H22N4O4/c1-2-9-19-16(23)6-7-17(24)20-12-13-4-3-5-14(11-13)22-10-8-15(21-22)18(25)26/h3-5,8,10-11H,2,6-7,9,12H2,1H3,(H,19,23)(H,20,24)(H,25,26). The van der Waals surface area contributed by atoms with E-state index < -0.39 is 5.97 Å². The lowest BCUT2D eigenvalue weighted by Gasteiger charge is -2.08. The van der Waals surface area contributed by atoms with Crippen molar-refractivity contribution in [3.63, 3.8) is 0 Å². The smallest absolute Gasteiger partial charge is 0.356 e. The average Bonchev–Trinajstić information content (AvgIpc) is 3.14. The van der Waals surface area contributed by atoms with Gasteiger partial charge in [-0.1, -0.05) is 19.1 Å². The van der Waals surface area contributed by atoms with E-state index in [0.29, 0.717) is 18.8 Å². The van der Waals surface area contributed by atoms with Crippen molar-refractivity contribution in [3.05, 3.63) is 47.8 Å². The Kier molecular flexibility index (Phi) is 6.90. The van der Waals surface area contributed by atoms with E-state index in [1.807, 2.05) is 19.1 Å². The van der Waals surface area contributed by atoms with Crippen LogP contribution in [0.5, 0.6) is 0 Å². The molecule has 2 aromatic rings. The number of benzene rings is 1. The number of hydrogen-bond donors (Lipinski definition) is 3. The van der Waals surface area contributed by atoms with Gasteiger partial charge in [-0.25, -0.2) is 9.48 Å². The minimum atomic E-state index is -1.09. The maximum atomic E-state index is 11.9. The summed E-state index contributed by atoms with van der Waals surface area (Å²) in [6.45, 7) is 2.90. The third kappa shape index (κ3) is 5.73. The van der Waals surface area contributed by atoms with Gasteiger partial charge in [0.15, 0.2) is 5.69 Å². The van der Waals surface area contributed by atoms with Crippen molar-refractivity contribution in [1.82, 2.24) is 20.4 Å². The number of nitrogens with zero attached hydrogens (tertiary/aromatic N) is 2. The predicted octanol–water partition coefficient (Wildman–Crippen LogP) is 1.49. The zero-order valence-corrected chi connectivity index (χ0v) is 14.6. The predicted molar refractivity (Wildman–Crippen MR) is 94.9 cm³/mol. The van der Waals surface area contributed by atoms with Gasteiger partial charge in [-0.15, -0.1) is 0 Å². The molecule has 1 aromatic carbocycles. The summed E-state index contributed by atoms with van der Waals surface area (Å²) in [5.74, 6) is -1.42. The highest BCUT2D eigenvalue weighted by Gasteiger charge is 2.09. The third-order valence-corrected chi connectivity index (χ3v) is 3.62. The van der Waals surface area contributed by atoms with Crippen LogP contribution in [-0.4, -0.2) is 39.2 Å². The molecule has 0 radical (unpaired) electrons. The van der Waals surface area contributed by atoms with Crippen LogP contribution in [0, 0.1) is 0 Å². The van der Waals surface area contributed by atoms with Crippen molar-refractivity contribution in [2.24, 2.45) is 0 Å². The zero-order chi connectivity index (χ0) is 18.9. The normalized spacial score (nSPS) is 10.3. The average molecular weight is 358 g/mol. The van der Waals surface area contributed by atoms with E-state index in [9.17, 15) is 14.4 Å². The molecule has 0 bridgehead atoms. The number of carbonyl (C=O) groups excluding carboxylic acids is 2. The monoisotopic (exact) mass is 358 g/mol. The summed E-state index contributed by atoms with van der Waals surface area (Å²) in [6.07, 6.45) is 2.72. The van der Waals surface area contributed by atoms with Crippen LogP contribution in [0.15, 0.2) is 36.5 Å². The second-order valence-corrected chi connectivity index (χ2v) is 5.75. The number of carboxylic acid groups (broad SMARTS) is 1. The van der Waals surface area contributed by atoms with E-state index in [1.54, 1.807) is 18.3 Å². The highest BCUT2D eigenvalue weighted by Crippen LogP contribution is 2.11. The van der Waals surface area contributed by atoms with Crippen LogP contribution < -0.4 is 10.6 Å². The van der Waals surface area contributed by atoms with E-state index in [1.165, 1.54) is 10.7 Å². The number of carbonyl (C=O) groups is 3.